The fourth-order valence-corrected chi connectivity index (χ4v) is 3.92. The molecular weight excluding hydrogens is 260 g/mol. The van der Waals surface area contributed by atoms with Gasteiger partial charge in [-0.1, -0.05) is 0 Å². The summed E-state index contributed by atoms with van der Waals surface area (Å²) in [5, 5.41) is 0. The highest BCUT2D eigenvalue weighted by Crippen LogP contribution is 2.25. The topological polar surface area (TPSA) is 50.3 Å². The molecule has 1 atom stereocenters. The summed E-state index contributed by atoms with van der Waals surface area (Å²) in [4.78, 5) is 6.13. The van der Waals surface area contributed by atoms with Crippen molar-refractivity contribution in [2.24, 2.45) is 0 Å². The van der Waals surface area contributed by atoms with Crippen LogP contribution in [0.4, 0.5) is 5.69 Å². The summed E-state index contributed by atoms with van der Waals surface area (Å²) >= 11 is 5.87. The first-order valence-corrected chi connectivity index (χ1v) is 7.85. The van der Waals surface area contributed by atoms with Crippen LogP contribution in [0.3, 0.4) is 0 Å². The van der Waals surface area contributed by atoms with Crippen molar-refractivity contribution in [3.05, 3.63) is 24.0 Å². The van der Waals surface area contributed by atoms with Crippen LogP contribution >= 0.6 is 11.6 Å². The Balaban J connectivity index is 2.29. The van der Waals surface area contributed by atoms with Crippen LogP contribution in [0.15, 0.2) is 18.5 Å². The van der Waals surface area contributed by atoms with E-state index in [1.165, 1.54) is 0 Å². The number of hydrogen-bond donors (Lipinski definition) is 0. The highest BCUT2D eigenvalue weighted by atomic mass is 35.5. The summed E-state index contributed by atoms with van der Waals surface area (Å²) in [7, 11) is -2.88. The third kappa shape index (κ3) is 2.72. The molecule has 0 aliphatic carbocycles. The highest BCUT2D eigenvalue weighted by molar-refractivity contribution is 7.91. The average molecular weight is 275 g/mol. The summed E-state index contributed by atoms with van der Waals surface area (Å²) in [6.45, 7) is 2.45. The second-order valence-corrected chi connectivity index (χ2v) is 6.79. The van der Waals surface area contributed by atoms with Crippen molar-refractivity contribution in [3.63, 3.8) is 0 Å². The van der Waals surface area contributed by atoms with Crippen molar-refractivity contribution in [3.8, 4) is 0 Å². The maximum absolute atomic E-state index is 11.5. The lowest BCUT2D eigenvalue weighted by Gasteiger charge is -2.36. The normalized spacial score (nSPS) is 23.6. The number of halogens is 1. The Morgan fingerprint density at radius 3 is 3.00 bits per heavy atom. The molecule has 6 heteroatoms. The zero-order valence-corrected chi connectivity index (χ0v) is 11.2. The van der Waals surface area contributed by atoms with E-state index in [4.69, 9.17) is 11.6 Å². The Hall–Kier alpha value is -0.810. The van der Waals surface area contributed by atoms with E-state index in [-0.39, 0.29) is 17.5 Å². The first kappa shape index (κ1) is 12.6. The number of rotatable bonds is 2. The van der Waals surface area contributed by atoms with Gasteiger partial charge >= 0.3 is 0 Å². The van der Waals surface area contributed by atoms with Gasteiger partial charge in [0.25, 0.3) is 0 Å². The van der Waals surface area contributed by atoms with Gasteiger partial charge in [-0.05, 0) is 13.0 Å². The molecule has 0 radical (unpaired) electrons. The molecule has 0 saturated carbocycles. The standard InChI is InChI=1S/C11H15ClN2O2S/c1-9-8-17(15,16)5-4-14(9)11-2-3-13-7-10(11)6-12/h2-3,7,9H,4-6,8H2,1H3. The molecule has 0 spiro atoms. The predicted molar refractivity (Wildman–Crippen MR) is 69.3 cm³/mol. The molecule has 0 N–H and O–H groups in total. The number of nitrogens with zero attached hydrogens (tertiary/aromatic N) is 2. The van der Waals surface area contributed by atoms with Crippen molar-refractivity contribution >= 4 is 27.1 Å². The summed E-state index contributed by atoms with van der Waals surface area (Å²) in [5.41, 5.74) is 1.94. The molecule has 1 fully saturated rings. The van der Waals surface area contributed by atoms with Gasteiger partial charge in [-0.2, -0.15) is 0 Å². The molecule has 1 saturated heterocycles. The first-order valence-electron chi connectivity index (χ1n) is 5.49. The fourth-order valence-electron chi connectivity index (χ4n) is 2.16. The minimum atomic E-state index is -2.88. The van der Waals surface area contributed by atoms with Crippen molar-refractivity contribution in [2.45, 2.75) is 18.8 Å². The lowest BCUT2D eigenvalue weighted by Crippen LogP contribution is -2.47. The van der Waals surface area contributed by atoms with E-state index in [0.717, 1.165) is 11.3 Å². The van der Waals surface area contributed by atoms with E-state index >= 15 is 0 Å². The lowest BCUT2D eigenvalue weighted by molar-refractivity contribution is 0.568. The predicted octanol–water partition coefficient (Wildman–Crippen LogP) is 1.44. The molecule has 17 heavy (non-hydrogen) atoms. The van der Waals surface area contributed by atoms with E-state index in [9.17, 15) is 8.42 Å². The Kier molecular flexibility index (Phi) is 3.58. The molecule has 1 aliphatic rings. The monoisotopic (exact) mass is 274 g/mol. The Labute approximate surface area is 107 Å². The van der Waals surface area contributed by atoms with Gasteiger partial charge in [0, 0.05) is 36.2 Å². The maximum Gasteiger partial charge on any atom is 0.154 e. The molecule has 1 aliphatic heterocycles. The van der Waals surface area contributed by atoms with Gasteiger partial charge in [-0.15, -0.1) is 11.6 Å². The van der Waals surface area contributed by atoms with Gasteiger partial charge in [0.05, 0.1) is 17.4 Å². The second kappa shape index (κ2) is 4.82. The first-order chi connectivity index (χ1) is 8.03. The Morgan fingerprint density at radius 2 is 2.35 bits per heavy atom. The second-order valence-electron chi connectivity index (χ2n) is 4.29. The van der Waals surface area contributed by atoms with E-state index in [1.807, 2.05) is 13.0 Å². The van der Waals surface area contributed by atoms with E-state index in [0.29, 0.717) is 12.4 Å². The number of pyridine rings is 1. The smallest absolute Gasteiger partial charge is 0.154 e. The van der Waals surface area contributed by atoms with E-state index in [2.05, 4.69) is 9.88 Å². The van der Waals surface area contributed by atoms with Crippen molar-refractivity contribution in [2.75, 3.05) is 23.0 Å². The van der Waals surface area contributed by atoms with Crippen LogP contribution in [-0.2, 0) is 15.7 Å². The van der Waals surface area contributed by atoms with Gasteiger partial charge in [0.1, 0.15) is 0 Å². The fraction of sp³-hybridized carbons (Fsp3) is 0.545. The van der Waals surface area contributed by atoms with Crippen LogP contribution in [0.1, 0.15) is 12.5 Å². The molecule has 2 heterocycles. The van der Waals surface area contributed by atoms with Crippen LogP contribution in [0.2, 0.25) is 0 Å². The molecule has 0 bridgehead atoms. The molecule has 94 valence electrons. The third-order valence-corrected chi connectivity index (χ3v) is 5.08. The molecule has 0 aromatic carbocycles. The van der Waals surface area contributed by atoms with Crippen LogP contribution in [0, 0.1) is 0 Å². The minimum absolute atomic E-state index is 0.0156. The highest BCUT2D eigenvalue weighted by Gasteiger charge is 2.29. The van der Waals surface area contributed by atoms with Gasteiger partial charge in [-0.25, -0.2) is 8.42 Å². The van der Waals surface area contributed by atoms with Crippen LogP contribution in [0.5, 0.6) is 0 Å². The van der Waals surface area contributed by atoms with Crippen molar-refractivity contribution in [1.82, 2.24) is 4.98 Å². The van der Waals surface area contributed by atoms with E-state index < -0.39 is 9.84 Å². The van der Waals surface area contributed by atoms with Crippen molar-refractivity contribution in [1.29, 1.82) is 0 Å². The number of sulfone groups is 1. The maximum atomic E-state index is 11.5. The summed E-state index contributed by atoms with van der Waals surface area (Å²) in [6.07, 6.45) is 3.44. The lowest BCUT2D eigenvalue weighted by atomic mass is 10.2. The number of aromatic nitrogens is 1. The molecule has 1 aromatic heterocycles. The molecule has 2 rings (SSSR count). The SMILES string of the molecule is CC1CS(=O)(=O)CCN1c1ccncc1CCl. The van der Waals surface area contributed by atoms with E-state index in [1.54, 1.807) is 12.4 Å². The summed E-state index contributed by atoms with van der Waals surface area (Å²) < 4.78 is 23.1. The molecular formula is C11H15ClN2O2S. The average Bonchev–Trinajstić information content (AvgIpc) is 2.28. The molecule has 1 unspecified atom stereocenters. The van der Waals surface area contributed by atoms with Gasteiger partial charge in [-0.3, -0.25) is 4.98 Å². The number of hydrogen-bond acceptors (Lipinski definition) is 4. The largest absolute Gasteiger partial charge is 0.366 e. The zero-order valence-electron chi connectivity index (χ0n) is 9.63. The Bertz CT molecular complexity index is 504. The van der Waals surface area contributed by atoms with Gasteiger partial charge < -0.3 is 4.90 Å². The quantitative estimate of drug-likeness (QED) is 0.766. The number of alkyl halides is 1. The third-order valence-electron chi connectivity index (χ3n) is 3.00. The van der Waals surface area contributed by atoms with Crippen LogP contribution in [0.25, 0.3) is 0 Å². The number of anilines is 1. The molecule has 1 aromatic rings. The summed E-state index contributed by atoms with van der Waals surface area (Å²) in [5.74, 6) is 0.803. The van der Waals surface area contributed by atoms with Gasteiger partial charge in [0.2, 0.25) is 0 Å². The summed E-state index contributed by atoms with van der Waals surface area (Å²) in [6, 6.07) is 1.88. The van der Waals surface area contributed by atoms with Gasteiger partial charge in [0.15, 0.2) is 9.84 Å². The Morgan fingerprint density at radius 1 is 1.59 bits per heavy atom. The zero-order chi connectivity index (χ0) is 12.5. The minimum Gasteiger partial charge on any atom is -0.366 e. The van der Waals surface area contributed by atoms with Crippen LogP contribution in [-0.4, -0.2) is 37.5 Å². The molecule has 4 nitrogen and oxygen atoms in total. The molecule has 0 amide bonds. The van der Waals surface area contributed by atoms with Crippen molar-refractivity contribution < 1.29 is 8.42 Å². The van der Waals surface area contributed by atoms with Crippen LogP contribution < -0.4 is 4.90 Å².